The molecule has 2 fully saturated rings. The molecule has 3 atom stereocenters. The summed E-state index contributed by atoms with van der Waals surface area (Å²) in [6, 6.07) is 1.69. The summed E-state index contributed by atoms with van der Waals surface area (Å²) in [6.07, 6.45) is 3.35. The van der Waals surface area contributed by atoms with Gasteiger partial charge in [-0.2, -0.15) is 0 Å². The number of aryl methyl sites for hydroxylation is 1. The van der Waals surface area contributed by atoms with E-state index in [0.717, 1.165) is 12.7 Å². The highest BCUT2D eigenvalue weighted by atomic mass is 32.2. The number of piperidine rings is 1. The van der Waals surface area contributed by atoms with E-state index in [9.17, 15) is 13.2 Å². The summed E-state index contributed by atoms with van der Waals surface area (Å²) in [5.41, 5.74) is 0.591. The molecule has 2 aliphatic rings. The summed E-state index contributed by atoms with van der Waals surface area (Å²) in [5.74, 6) is 1.14. The van der Waals surface area contributed by atoms with Gasteiger partial charge in [-0.3, -0.25) is 4.79 Å². The molecule has 2 aliphatic heterocycles. The maximum atomic E-state index is 12.6. The van der Waals surface area contributed by atoms with Gasteiger partial charge >= 0.3 is 0 Å². The molecule has 23 heavy (non-hydrogen) atoms. The highest BCUT2D eigenvalue weighted by Crippen LogP contribution is 2.34. The lowest BCUT2D eigenvalue weighted by Gasteiger charge is -2.36. The molecule has 1 amide bonds. The fourth-order valence-corrected chi connectivity index (χ4v) is 3.90. The minimum atomic E-state index is -3.24. The quantitative estimate of drug-likeness (QED) is 0.866. The number of hydrogen-bond acceptors (Lipinski definition) is 5. The molecule has 0 aromatic carbocycles. The second-order valence-electron chi connectivity index (χ2n) is 6.35. The zero-order valence-electron chi connectivity index (χ0n) is 13.3. The Hall–Kier alpha value is -1.38. The molecule has 0 bridgehead atoms. The van der Waals surface area contributed by atoms with Crippen LogP contribution in [0.3, 0.4) is 0 Å². The van der Waals surface area contributed by atoms with Gasteiger partial charge in [-0.1, -0.05) is 0 Å². The van der Waals surface area contributed by atoms with Crippen molar-refractivity contribution in [1.82, 2.24) is 9.62 Å². The Balaban J connectivity index is 1.67. The van der Waals surface area contributed by atoms with Gasteiger partial charge in [-0.15, -0.1) is 0 Å². The monoisotopic (exact) mass is 342 g/mol. The molecule has 1 aromatic heterocycles. The van der Waals surface area contributed by atoms with E-state index in [-0.39, 0.29) is 24.5 Å². The van der Waals surface area contributed by atoms with Crippen LogP contribution in [0.1, 0.15) is 22.5 Å². The number of carbonyl (C=O) groups is 1. The van der Waals surface area contributed by atoms with Crippen molar-refractivity contribution in [3.05, 3.63) is 23.7 Å². The third-order valence-electron chi connectivity index (χ3n) is 4.73. The number of rotatable bonds is 4. The second kappa shape index (κ2) is 6.26. The zero-order chi connectivity index (χ0) is 16.6. The fraction of sp³-hybridized carbons (Fsp3) is 0.667. The summed E-state index contributed by atoms with van der Waals surface area (Å²) in [7, 11) is -3.24. The summed E-state index contributed by atoms with van der Waals surface area (Å²) in [5, 5.41) is 0. The van der Waals surface area contributed by atoms with Gasteiger partial charge in [0.05, 0.1) is 30.8 Å². The highest BCUT2D eigenvalue weighted by molar-refractivity contribution is 7.88. The average molecular weight is 342 g/mol. The standard InChI is InChI=1S/C15H22N2O5S/c1-10-12(4-6-21-10)15(18)17-5-3-11-9-22-14(13(11)8-17)7-16-23(2,19)20/h4,6,11,13-14,16H,3,5,7-9H2,1-2H3/t11-,13-,14+/m1/s1. The molecule has 0 saturated carbocycles. The van der Waals surface area contributed by atoms with Gasteiger partial charge in [0.2, 0.25) is 10.0 Å². The number of hydrogen-bond donors (Lipinski definition) is 1. The zero-order valence-corrected chi connectivity index (χ0v) is 14.1. The first-order valence-corrected chi connectivity index (χ1v) is 9.64. The van der Waals surface area contributed by atoms with Crippen LogP contribution in [0.5, 0.6) is 0 Å². The van der Waals surface area contributed by atoms with Gasteiger partial charge < -0.3 is 14.1 Å². The molecule has 3 heterocycles. The lowest BCUT2D eigenvalue weighted by atomic mass is 9.84. The maximum absolute atomic E-state index is 12.6. The van der Waals surface area contributed by atoms with Crippen LogP contribution >= 0.6 is 0 Å². The van der Waals surface area contributed by atoms with Crippen LogP contribution in [0.4, 0.5) is 0 Å². The maximum Gasteiger partial charge on any atom is 0.257 e. The van der Waals surface area contributed by atoms with Crippen molar-refractivity contribution >= 4 is 15.9 Å². The van der Waals surface area contributed by atoms with Crippen molar-refractivity contribution in [2.75, 3.05) is 32.5 Å². The first-order valence-electron chi connectivity index (χ1n) is 7.75. The van der Waals surface area contributed by atoms with Gasteiger partial charge in [-0.05, 0) is 25.3 Å². The van der Waals surface area contributed by atoms with E-state index in [1.807, 2.05) is 4.90 Å². The van der Waals surface area contributed by atoms with E-state index < -0.39 is 10.0 Å². The van der Waals surface area contributed by atoms with Gasteiger partial charge in [0, 0.05) is 25.6 Å². The summed E-state index contributed by atoms with van der Waals surface area (Å²) in [6.45, 7) is 3.95. The Bertz CT molecular complexity index is 684. The fourth-order valence-electron chi connectivity index (χ4n) is 3.43. The summed E-state index contributed by atoms with van der Waals surface area (Å²) < 4.78 is 36.0. The number of nitrogens with zero attached hydrogens (tertiary/aromatic N) is 1. The number of ether oxygens (including phenoxy) is 1. The number of nitrogens with one attached hydrogen (secondary N) is 1. The first kappa shape index (κ1) is 16.5. The smallest absolute Gasteiger partial charge is 0.257 e. The third kappa shape index (κ3) is 3.59. The molecule has 3 rings (SSSR count). The topological polar surface area (TPSA) is 88.8 Å². The molecular formula is C15H22N2O5S. The second-order valence-corrected chi connectivity index (χ2v) is 8.18. The van der Waals surface area contributed by atoms with E-state index in [4.69, 9.17) is 9.15 Å². The number of furan rings is 1. The first-order chi connectivity index (χ1) is 10.8. The van der Waals surface area contributed by atoms with Crippen molar-refractivity contribution in [1.29, 1.82) is 0 Å². The molecule has 0 unspecified atom stereocenters. The van der Waals surface area contributed by atoms with Crippen LogP contribution in [0.15, 0.2) is 16.7 Å². The molecule has 1 N–H and O–H groups in total. The van der Waals surface area contributed by atoms with Crippen molar-refractivity contribution in [2.24, 2.45) is 11.8 Å². The lowest BCUT2D eigenvalue weighted by Crippen LogP contribution is -2.47. The molecule has 8 heteroatoms. The van der Waals surface area contributed by atoms with Crippen molar-refractivity contribution in [3.63, 3.8) is 0 Å². The van der Waals surface area contributed by atoms with Crippen LogP contribution in [0.2, 0.25) is 0 Å². The van der Waals surface area contributed by atoms with Crippen molar-refractivity contribution in [3.8, 4) is 0 Å². The van der Waals surface area contributed by atoms with E-state index >= 15 is 0 Å². The van der Waals surface area contributed by atoms with Crippen LogP contribution in [-0.2, 0) is 14.8 Å². The largest absolute Gasteiger partial charge is 0.469 e. The Morgan fingerprint density at radius 1 is 1.48 bits per heavy atom. The number of amides is 1. The average Bonchev–Trinajstić information content (AvgIpc) is 3.09. The Kier molecular flexibility index (Phi) is 4.48. The van der Waals surface area contributed by atoms with Crippen LogP contribution < -0.4 is 4.72 Å². The van der Waals surface area contributed by atoms with E-state index in [1.165, 1.54) is 6.26 Å². The normalized spacial score (nSPS) is 27.9. The molecule has 7 nitrogen and oxygen atoms in total. The Morgan fingerprint density at radius 2 is 2.26 bits per heavy atom. The number of fused-ring (bicyclic) bond motifs is 1. The third-order valence-corrected chi connectivity index (χ3v) is 5.42. The minimum Gasteiger partial charge on any atom is -0.469 e. The van der Waals surface area contributed by atoms with Gasteiger partial charge in [0.1, 0.15) is 5.76 Å². The van der Waals surface area contributed by atoms with Crippen LogP contribution in [0, 0.1) is 18.8 Å². The number of likely N-dealkylation sites (tertiary alicyclic amines) is 1. The molecular weight excluding hydrogens is 320 g/mol. The van der Waals surface area contributed by atoms with E-state index in [1.54, 1.807) is 13.0 Å². The predicted octanol–water partition coefficient (Wildman–Crippen LogP) is 0.614. The van der Waals surface area contributed by atoms with E-state index in [0.29, 0.717) is 36.9 Å². The molecule has 1 aromatic rings. The lowest BCUT2D eigenvalue weighted by molar-refractivity contribution is 0.0561. The minimum absolute atomic E-state index is 0.0311. The van der Waals surface area contributed by atoms with E-state index in [2.05, 4.69) is 4.72 Å². The van der Waals surface area contributed by atoms with Gasteiger partial charge in [0.15, 0.2) is 0 Å². The Morgan fingerprint density at radius 3 is 2.91 bits per heavy atom. The van der Waals surface area contributed by atoms with Gasteiger partial charge in [-0.25, -0.2) is 13.1 Å². The molecule has 0 spiro atoms. The number of sulfonamides is 1. The summed E-state index contributed by atoms with van der Waals surface area (Å²) >= 11 is 0. The number of carbonyl (C=O) groups excluding carboxylic acids is 1. The summed E-state index contributed by atoms with van der Waals surface area (Å²) in [4.78, 5) is 14.4. The van der Waals surface area contributed by atoms with Crippen molar-refractivity contribution < 1.29 is 22.4 Å². The predicted molar refractivity (Wildman–Crippen MR) is 83.5 cm³/mol. The highest BCUT2D eigenvalue weighted by Gasteiger charge is 2.42. The van der Waals surface area contributed by atoms with Crippen LogP contribution in [-0.4, -0.2) is 57.8 Å². The SMILES string of the molecule is Cc1occc1C(=O)N1CC[C@@H]2CO[C@@H](CNS(C)(=O)=O)[C@@H]2C1. The molecule has 128 valence electrons. The van der Waals surface area contributed by atoms with Crippen LogP contribution in [0.25, 0.3) is 0 Å². The molecule has 0 aliphatic carbocycles. The van der Waals surface area contributed by atoms with Crippen molar-refractivity contribution in [2.45, 2.75) is 19.4 Å². The van der Waals surface area contributed by atoms with Gasteiger partial charge in [0.25, 0.3) is 5.91 Å². The Labute approximate surface area is 136 Å². The molecule has 2 saturated heterocycles. The molecule has 0 radical (unpaired) electrons.